The van der Waals surface area contributed by atoms with Crippen molar-refractivity contribution < 1.29 is 24.3 Å². The summed E-state index contributed by atoms with van der Waals surface area (Å²) in [4.78, 5) is 58.2. The van der Waals surface area contributed by atoms with E-state index in [1.54, 1.807) is 47.4 Å². The Labute approximate surface area is 268 Å². The molecule has 0 aromatic heterocycles. The number of carbonyl (C=O) groups is 4. The number of halogens is 1. The molecule has 2 aliphatic rings. The number of nitrogens with zero attached hydrogens (tertiary/aromatic N) is 2. The highest BCUT2D eigenvalue weighted by molar-refractivity contribution is 6.31. The van der Waals surface area contributed by atoms with E-state index in [1.807, 2.05) is 37.3 Å². The predicted molar refractivity (Wildman–Crippen MR) is 173 cm³/mol. The van der Waals surface area contributed by atoms with E-state index in [0.717, 1.165) is 16.7 Å². The van der Waals surface area contributed by atoms with Gasteiger partial charge in [-0.15, -0.1) is 0 Å². The summed E-state index contributed by atoms with van der Waals surface area (Å²) >= 11 is 6.19. The van der Waals surface area contributed by atoms with Crippen LogP contribution in [0.15, 0.2) is 72.8 Å². The van der Waals surface area contributed by atoms with Gasteiger partial charge in [0.2, 0.25) is 17.7 Å². The fourth-order valence-electron chi connectivity index (χ4n) is 6.15. The Morgan fingerprint density at radius 2 is 1.62 bits per heavy atom. The molecule has 0 saturated carbocycles. The third-order valence-electron chi connectivity index (χ3n) is 8.87. The van der Waals surface area contributed by atoms with Gasteiger partial charge in [0.05, 0.1) is 6.61 Å². The first-order valence-corrected chi connectivity index (χ1v) is 15.7. The molecule has 1 saturated heterocycles. The number of β-amino-alcohol motifs (C(OH)–C–C–N with tert-alkyl or cyclic N) is 1. The number of nitrogens with one attached hydrogen (secondary N) is 2. The Bertz CT molecular complexity index is 1550. The fraction of sp³-hybridized carbons (Fsp3) is 0.371. The molecule has 3 amide bonds. The van der Waals surface area contributed by atoms with E-state index < -0.39 is 17.5 Å². The number of fused-ring (bicyclic) bond motifs is 1. The fourth-order valence-corrected chi connectivity index (χ4v) is 6.27. The van der Waals surface area contributed by atoms with Crippen LogP contribution in [-0.2, 0) is 27.3 Å². The molecule has 0 spiro atoms. The minimum atomic E-state index is -1.23. The number of Topliss-reactive ketones (excluding diaryl/α,β-unsaturated/α-hetero) is 1. The minimum Gasteiger partial charge on any atom is -0.395 e. The number of aliphatic hydroxyl groups excluding tert-OH is 1. The Kier molecular flexibility index (Phi) is 10.3. The molecule has 5 rings (SSSR count). The second-order valence-electron chi connectivity index (χ2n) is 11.9. The summed E-state index contributed by atoms with van der Waals surface area (Å²) in [6.07, 6.45) is 0.964. The van der Waals surface area contributed by atoms with Gasteiger partial charge in [-0.2, -0.15) is 0 Å². The van der Waals surface area contributed by atoms with E-state index in [-0.39, 0.29) is 43.6 Å². The molecule has 1 unspecified atom stereocenters. The summed E-state index contributed by atoms with van der Waals surface area (Å²) in [6.45, 7) is 3.58. The van der Waals surface area contributed by atoms with Gasteiger partial charge < -0.3 is 25.5 Å². The number of carbonyl (C=O) groups excluding carboxylic acids is 4. The highest BCUT2D eigenvalue weighted by Gasteiger charge is 2.45. The molecule has 9 nitrogen and oxygen atoms in total. The lowest BCUT2D eigenvalue weighted by molar-refractivity contribution is -0.144. The van der Waals surface area contributed by atoms with Crippen LogP contribution in [0.3, 0.4) is 0 Å². The van der Waals surface area contributed by atoms with E-state index in [4.69, 9.17) is 11.6 Å². The smallest absolute Gasteiger partial charge is 0.250 e. The van der Waals surface area contributed by atoms with E-state index >= 15 is 0 Å². The zero-order valence-corrected chi connectivity index (χ0v) is 26.2. The average Bonchev–Trinajstić information content (AvgIpc) is 3.06. The van der Waals surface area contributed by atoms with Crippen molar-refractivity contribution in [3.8, 4) is 0 Å². The van der Waals surface area contributed by atoms with Crippen molar-refractivity contribution in [2.45, 2.75) is 57.2 Å². The number of hydrogen-bond acceptors (Lipinski definition) is 6. The van der Waals surface area contributed by atoms with Crippen molar-refractivity contribution >= 4 is 40.8 Å². The second kappa shape index (κ2) is 14.4. The van der Waals surface area contributed by atoms with Crippen LogP contribution in [0.25, 0.3) is 0 Å². The molecule has 10 heteroatoms. The lowest BCUT2D eigenvalue weighted by Crippen LogP contribution is -2.65. The number of benzene rings is 3. The number of aryl methyl sites for hydroxylation is 1. The van der Waals surface area contributed by atoms with Crippen molar-refractivity contribution in [2.24, 2.45) is 0 Å². The molecule has 3 N–H and O–H groups in total. The van der Waals surface area contributed by atoms with Gasteiger partial charge in [0, 0.05) is 61.7 Å². The van der Waals surface area contributed by atoms with E-state index in [9.17, 15) is 24.3 Å². The van der Waals surface area contributed by atoms with Crippen LogP contribution < -0.4 is 10.6 Å². The monoisotopic (exact) mass is 630 g/mol. The maximum absolute atomic E-state index is 14.2. The number of rotatable bonds is 10. The molecule has 0 aliphatic carbocycles. The van der Waals surface area contributed by atoms with E-state index in [0.29, 0.717) is 55.2 Å². The molecule has 0 bridgehead atoms. The maximum Gasteiger partial charge on any atom is 0.250 e. The molecule has 2 aliphatic heterocycles. The Balaban J connectivity index is 1.37. The summed E-state index contributed by atoms with van der Waals surface area (Å²) in [5.41, 5.74) is 2.61. The summed E-state index contributed by atoms with van der Waals surface area (Å²) in [7, 11) is 0. The van der Waals surface area contributed by atoms with Crippen molar-refractivity contribution in [1.82, 2.24) is 15.1 Å². The number of piperidine rings is 1. The Morgan fingerprint density at radius 1 is 0.933 bits per heavy atom. The molecule has 0 radical (unpaired) electrons. The van der Waals surface area contributed by atoms with Crippen molar-refractivity contribution in [2.75, 3.05) is 31.6 Å². The van der Waals surface area contributed by atoms with Gasteiger partial charge in [0.15, 0.2) is 5.78 Å². The highest BCUT2D eigenvalue weighted by atomic mass is 35.5. The Hall–Kier alpha value is -4.05. The van der Waals surface area contributed by atoms with Crippen LogP contribution >= 0.6 is 11.6 Å². The second-order valence-corrected chi connectivity index (χ2v) is 12.3. The Morgan fingerprint density at radius 3 is 2.31 bits per heavy atom. The van der Waals surface area contributed by atoms with Gasteiger partial charge in [0.1, 0.15) is 11.6 Å². The number of likely N-dealkylation sites (tertiary alicyclic amines) is 1. The van der Waals surface area contributed by atoms with Crippen LogP contribution in [0.1, 0.15) is 52.7 Å². The first-order chi connectivity index (χ1) is 21.7. The minimum absolute atomic E-state index is 0.000930. The van der Waals surface area contributed by atoms with Gasteiger partial charge in [-0.05, 0) is 54.7 Å². The molecule has 1 fully saturated rings. The third kappa shape index (κ3) is 7.61. The molecular weight excluding hydrogens is 592 g/mol. The molecule has 3 aromatic carbocycles. The standard InChI is InChI=1S/C35H39ClN4O5/c1-24-21-28(11-12-29(24)36)37-34(45)35(15-17-39(18-16-35)19-20-41)38-33(44)30-22-26-9-5-6-10-27(26)23-40(30)32(43)14-13-31(42)25-7-3-2-4-8-25/h2-12,21,30,41H,13-20,22-23H2,1H3,(H,37,45)(H,38,44). The molecule has 3 aromatic rings. The summed E-state index contributed by atoms with van der Waals surface area (Å²) in [6, 6.07) is 20.9. The number of hydrogen-bond donors (Lipinski definition) is 3. The van der Waals surface area contributed by atoms with Crippen molar-refractivity contribution in [3.63, 3.8) is 0 Å². The normalized spacial score (nSPS) is 17.7. The highest BCUT2D eigenvalue weighted by Crippen LogP contribution is 2.29. The van der Waals surface area contributed by atoms with Crippen LogP contribution in [-0.4, -0.2) is 76.2 Å². The number of aliphatic hydroxyl groups is 1. The van der Waals surface area contributed by atoms with Crippen LogP contribution in [0.2, 0.25) is 5.02 Å². The van der Waals surface area contributed by atoms with Crippen LogP contribution in [0, 0.1) is 6.92 Å². The van der Waals surface area contributed by atoms with E-state index in [2.05, 4.69) is 15.5 Å². The van der Waals surface area contributed by atoms with Gasteiger partial charge in [-0.25, -0.2) is 0 Å². The number of amides is 3. The summed E-state index contributed by atoms with van der Waals surface area (Å²) in [5, 5.41) is 16.1. The first kappa shape index (κ1) is 32.3. The zero-order chi connectivity index (χ0) is 32.0. The van der Waals surface area contributed by atoms with Crippen LogP contribution in [0.5, 0.6) is 0 Å². The summed E-state index contributed by atoms with van der Waals surface area (Å²) in [5.74, 6) is -1.18. The topological polar surface area (TPSA) is 119 Å². The lowest BCUT2D eigenvalue weighted by atomic mass is 9.85. The third-order valence-corrected chi connectivity index (χ3v) is 9.30. The van der Waals surface area contributed by atoms with Gasteiger partial charge >= 0.3 is 0 Å². The number of ketones is 1. The average molecular weight is 631 g/mol. The van der Waals surface area contributed by atoms with E-state index in [1.165, 1.54) is 0 Å². The lowest BCUT2D eigenvalue weighted by Gasteiger charge is -2.43. The zero-order valence-electron chi connectivity index (χ0n) is 25.4. The molecule has 2 heterocycles. The summed E-state index contributed by atoms with van der Waals surface area (Å²) < 4.78 is 0. The van der Waals surface area contributed by atoms with Crippen molar-refractivity contribution in [1.29, 1.82) is 0 Å². The number of anilines is 1. The molecule has 236 valence electrons. The molecule has 1 atom stereocenters. The largest absolute Gasteiger partial charge is 0.395 e. The van der Waals surface area contributed by atoms with Gasteiger partial charge in [-0.1, -0.05) is 66.2 Å². The van der Waals surface area contributed by atoms with Gasteiger partial charge in [-0.3, -0.25) is 19.2 Å². The van der Waals surface area contributed by atoms with Gasteiger partial charge in [0.25, 0.3) is 0 Å². The molecule has 45 heavy (non-hydrogen) atoms. The SMILES string of the molecule is Cc1cc(NC(=O)C2(NC(=O)C3Cc4ccccc4CN3C(=O)CCC(=O)c3ccccc3)CCN(CCO)CC2)ccc1Cl. The molecular formula is C35H39ClN4O5. The first-order valence-electron chi connectivity index (χ1n) is 15.4. The predicted octanol–water partition coefficient (Wildman–Crippen LogP) is 4.15. The van der Waals surface area contributed by atoms with Crippen molar-refractivity contribution in [3.05, 3.63) is 100 Å². The quantitative estimate of drug-likeness (QED) is 0.290. The van der Waals surface area contributed by atoms with Crippen LogP contribution in [0.4, 0.5) is 5.69 Å². The maximum atomic E-state index is 14.2.